The van der Waals surface area contributed by atoms with Crippen LogP contribution in [0.1, 0.15) is 0 Å². The summed E-state index contributed by atoms with van der Waals surface area (Å²) in [4.78, 5) is 0. The molecule has 298 valence electrons. The minimum Gasteiger partial charge on any atom is -0.207 e. The van der Waals surface area contributed by atoms with Crippen molar-refractivity contribution in [2.75, 3.05) is 0 Å². The predicted octanol–water partition coefficient (Wildman–Crippen LogP) is 13.1. The molecule has 0 bridgehead atoms. The quantitative estimate of drug-likeness (QED) is 0.100. The molecule has 0 aliphatic heterocycles. The van der Waals surface area contributed by atoms with Crippen molar-refractivity contribution in [1.82, 2.24) is 0 Å². The highest BCUT2D eigenvalue weighted by molar-refractivity contribution is 7.80. The molecule has 0 saturated heterocycles. The first-order valence-corrected chi connectivity index (χ1v) is 22.9. The first-order chi connectivity index (χ1) is 30.4. The lowest BCUT2D eigenvalue weighted by Crippen LogP contribution is -2.26. The summed E-state index contributed by atoms with van der Waals surface area (Å²) in [5.74, 6) is -2.61. The fourth-order valence-corrected chi connectivity index (χ4v) is 13.6. The van der Waals surface area contributed by atoms with Gasteiger partial charge in [-0.05, 0) is 127 Å². The Morgan fingerprint density at radius 2 is 0.565 bits per heavy atom. The normalized spacial score (nSPS) is 11.5. The first-order valence-electron chi connectivity index (χ1n) is 20.3. The third-order valence-electron chi connectivity index (χ3n) is 11.2. The zero-order valence-corrected chi connectivity index (χ0v) is 35.0. The lowest BCUT2D eigenvalue weighted by molar-refractivity contribution is 0.583. The summed E-state index contributed by atoms with van der Waals surface area (Å²) >= 11 is 0. The largest absolute Gasteiger partial charge is 0.207 e. The van der Waals surface area contributed by atoms with Crippen LogP contribution in [0.3, 0.4) is 0 Å². The summed E-state index contributed by atoms with van der Waals surface area (Å²) < 4.78 is 60.0. The topological polar surface area (TPSA) is 0 Å². The van der Waals surface area contributed by atoms with Crippen molar-refractivity contribution in [1.29, 1.82) is 0 Å². The van der Waals surface area contributed by atoms with E-state index in [1.165, 1.54) is 24.3 Å². The molecule has 0 aliphatic rings. The molecule has 0 amide bonds. The highest BCUT2D eigenvalue weighted by Crippen LogP contribution is 2.48. The van der Waals surface area contributed by atoms with Crippen molar-refractivity contribution in [3.63, 3.8) is 0 Å². The second kappa shape index (κ2) is 17.0. The Labute approximate surface area is 360 Å². The molecule has 0 saturated carbocycles. The molecular formula is C56H36F4P2. The second-order valence-electron chi connectivity index (χ2n) is 15.1. The molecule has 0 unspecified atom stereocenters. The monoisotopic (exact) mass is 846 g/mol. The van der Waals surface area contributed by atoms with Gasteiger partial charge in [0.2, 0.25) is 0 Å². The first kappa shape index (κ1) is 39.4. The number of rotatable bonds is 9. The average molecular weight is 847 g/mol. The molecule has 0 spiro atoms. The van der Waals surface area contributed by atoms with Crippen LogP contribution in [-0.2, 0) is 0 Å². The number of hydrogen-bond donors (Lipinski definition) is 0. The van der Waals surface area contributed by atoms with E-state index in [9.17, 15) is 17.6 Å². The average Bonchev–Trinajstić information content (AvgIpc) is 3.29. The Morgan fingerprint density at radius 1 is 0.258 bits per heavy atom. The Morgan fingerprint density at radius 3 is 0.871 bits per heavy atom. The van der Waals surface area contributed by atoms with Gasteiger partial charge in [-0.1, -0.05) is 182 Å². The van der Waals surface area contributed by atoms with E-state index in [4.69, 9.17) is 0 Å². The van der Waals surface area contributed by atoms with Crippen LogP contribution < -0.4 is 31.8 Å². The van der Waals surface area contributed by atoms with Gasteiger partial charge in [-0.25, -0.2) is 17.6 Å². The van der Waals surface area contributed by atoms with E-state index in [0.29, 0.717) is 22.3 Å². The molecule has 62 heavy (non-hydrogen) atoms. The van der Waals surface area contributed by atoms with Gasteiger partial charge >= 0.3 is 0 Å². The summed E-state index contributed by atoms with van der Waals surface area (Å²) in [5.41, 5.74) is 4.24. The predicted molar refractivity (Wildman–Crippen MR) is 255 cm³/mol. The van der Waals surface area contributed by atoms with Crippen molar-refractivity contribution in [3.8, 4) is 33.4 Å². The molecular weight excluding hydrogens is 811 g/mol. The summed E-state index contributed by atoms with van der Waals surface area (Å²) in [6.45, 7) is 0. The number of fused-ring (bicyclic) bond motifs is 2. The van der Waals surface area contributed by atoms with Crippen molar-refractivity contribution < 1.29 is 17.6 Å². The Balaban J connectivity index is 1.41. The summed E-state index contributed by atoms with van der Waals surface area (Å²) in [6, 6.07) is 70.0. The molecule has 0 aliphatic carbocycles. The van der Waals surface area contributed by atoms with Gasteiger partial charge in [-0.2, -0.15) is 0 Å². The van der Waals surface area contributed by atoms with E-state index in [0.717, 1.165) is 76.6 Å². The van der Waals surface area contributed by atoms with Crippen LogP contribution >= 0.6 is 15.8 Å². The highest BCUT2D eigenvalue weighted by atomic mass is 31.1. The lowest BCUT2D eigenvalue weighted by Gasteiger charge is -2.29. The lowest BCUT2D eigenvalue weighted by atomic mass is 9.89. The maximum Gasteiger partial charge on any atom is 0.126 e. The van der Waals surface area contributed by atoms with E-state index >= 15 is 0 Å². The van der Waals surface area contributed by atoms with Crippen LogP contribution in [0.2, 0.25) is 0 Å². The van der Waals surface area contributed by atoms with Crippen LogP contribution in [0.25, 0.3) is 54.9 Å². The smallest absolute Gasteiger partial charge is 0.126 e. The van der Waals surface area contributed by atoms with Gasteiger partial charge in [0.25, 0.3) is 0 Å². The zero-order valence-electron chi connectivity index (χ0n) is 33.2. The highest BCUT2D eigenvalue weighted by Gasteiger charge is 2.29. The maximum absolute atomic E-state index is 15.0. The number of benzene rings is 10. The molecule has 0 radical (unpaired) electrons. The molecule has 10 rings (SSSR count). The van der Waals surface area contributed by atoms with Crippen LogP contribution in [0.5, 0.6) is 0 Å². The minimum absolute atomic E-state index is 0.435. The zero-order chi connectivity index (χ0) is 42.2. The Bertz CT molecular complexity index is 2890. The van der Waals surface area contributed by atoms with Gasteiger partial charge in [0.05, 0.1) is 0 Å². The fourth-order valence-electron chi connectivity index (χ4n) is 8.68. The molecule has 10 aromatic carbocycles. The maximum atomic E-state index is 15.0. The van der Waals surface area contributed by atoms with Gasteiger partial charge in [0, 0.05) is 12.1 Å². The Kier molecular flexibility index (Phi) is 10.8. The van der Waals surface area contributed by atoms with Crippen molar-refractivity contribution in [3.05, 3.63) is 242 Å². The van der Waals surface area contributed by atoms with Crippen molar-refractivity contribution >= 4 is 69.2 Å². The van der Waals surface area contributed by atoms with E-state index in [1.807, 2.05) is 48.5 Å². The third-order valence-corrected chi connectivity index (χ3v) is 16.2. The summed E-state index contributed by atoms with van der Waals surface area (Å²) in [7, 11) is -2.41. The summed E-state index contributed by atoms with van der Waals surface area (Å²) in [6.07, 6.45) is 0. The molecule has 0 nitrogen and oxygen atoms in total. The molecule has 0 fully saturated rings. The Hall–Kier alpha value is -6.70. The number of hydrogen-bond acceptors (Lipinski definition) is 0. The van der Waals surface area contributed by atoms with E-state index in [-0.39, 0.29) is 0 Å². The molecule has 0 atom stereocenters. The fraction of sp³-hybridized carbons (Fsp3) is 0. The second-order valence-corrected chi connectivity index (χ2v) is 19.4. The SMILES string of the molecule is Fc1cc(F)cc(-c2cccc3c(-c4c(P(c5ccccc5)c5ccccc5)ccc5c(-c6cc(F)cc(F)c6)cccc45)c(P(c4ccccc4)c4ccccc4)ccc23)c1. The van der Waals surface area contributed by atoms with Crippen molar-refractivity contribution in [2.45, 2.75) is 0 Å². The van der Waals surface area contributed by atoms with Gasteiger partial charge in [0.1, 0.15) is 23.3 Å². The molecule has 0 aromatic heterocycles. The van der Waals surface area contributed by atoms with Crippen LogP contribution in [0, 0.1) is 23.3 Å². The number of halogens is 4. The molecule has 0 heterocycles. The molecule has 0 N–H and O–H groups in total. The van der Waals surface area contributed by atoms with Crippen LogP contribution in [0.4, 0.5) is 17.6 Å². The van der Waals surface area contributed by atoms with Crippen LogP contribution in [-0.4, -0.2) is 0 Å². The van der Waals surface area contributed by atoms with Gasteiger partial charge in [-0.15, -0.1) is 0 Å². The van der Waals surface area contributed by atoms with Crippen LogP contribution in [0.15, 0.2) is 218 Å². The summed E-state index contributed by atoms with van der Waals surface area (Å²) in [5, 5.41) is 10.3. The minimum atomic E-state index is -1.21. The van der Waals surface area contributed by atoms with Gasteiger partial charge in [0.15, 0.2) is 0 Å². The standard InChI is InChI=1S/C56H36F4P2/c57-39-31-37(32-40(58)35-39)47-23-13-25-51-49(47)27-29-53(61(43-15-5-1-6-16-43)44-17-7-2-8-18-44)55(51)56-52-26-14-24-48(38-33-41(59)36-42(60)34-38)50(52)28-30-54(56)62(45-19-9-3-10-20-45)46-21-11-4-12-22-46/h1-36H. The molecule has 6 heteroatoms. The van der Waals surface area contributed by atoms with Crippen molar-refractivity contribution in [2.24, 2.45) is 0 Å². The molecule has 10 aromatic rings. The van der Waals surface area contributed by atoms with E-state index < -0.39 is 39.1 Å². The third kappa shape index (κ3) is 7.51. The van der Waals surface area contributed by atoms with E-state index in [2.05, 4.69) is 133 Å². The van der Waals surface area contributed by atoms with Gasteiger partial charge in [-0.3, -0.25) is 0 Å². The van der Waals surface area contributed by atoms with E-state index in [1.54, 1.807) is 0 Å². The van der Waals surface area contributed by atoms with Gasteiger partial charge < -0.3 is 0 Å².